The predicted octanol–water partition coefficient (Wildman–Crippen LogP) is 3.16. The van der Waals surface area contributed by atoms with Gasteiger partial charge in [-0.05, 0) is 24.1 Å². The molecule has 2 N–H and O–H groups in total. The lowest BCUT2D eigenvalue weighted by atomic mass is 10.2. The molecule has 0 amide bonds. The Morgan fingerprint density at radius 3 is 2.44 bits per heavy atom. The zero-order chi connectivity index (χ0) is 13.0. The third-order valence-electron chi connectivity index (χ3n) is 2.76. The zero-order valence-electron chi connectivity index (χ0n) is 10.6. The van der Waals surface area contributed by atoms with Crippen LogP contribution in [0.1, 0.15) is 11.1 Å². The maximum absolute atomic E-state index is 5.93. The van der Waals surface area contributed by atoms with Crippen molar-refractivity contribution in [2.45, 2.75) is 13.5 Å². The third-order valence-corrected chi connectivity index (χ3v) is 2.76. The van der Waals surface area contributed by atoms with E-state index >= 15 is 0 Å². The second kappa shape index (κ2) is 5.45. The van der Waals surface area contributed by atoms with E-state index in [9.17, 15) is 0 Å². The third kappa shape index (κ3) is 2.74. The van der Waals surface area contributed by atoms with E-state index in [0.717, 1.165) is 16.9 Å². The smallest absolute Gasteiger partial charge is 0.146 e. The van der Waals surface area contributed by atoms with Gasteiger partial charge in [0.2, 0.25) is 0 Å². The Balaban J connectivity index is 2.14. The lowest BCUT2D eigenvalue weighted by Gasteiger charge is -2.12. The van der Waals surface area contributed by atoms with Crippen LogP contribution in [0.4, 0.5) is 5.69 Å². The lowest BCUT2D eigenvalue weighted by molar-refractivity contribution is 0.305. The topological polar surface area (TPSA) is 44.5 Å². The van der Waals surface area contributed by atoms with Crippen LogP contribution in [0.3, 0.4) is 0 Å². The van der Waals surface area contributed by atoms with E-state index in [-0.39, 0.29) is 0 Å². The van der Waals surface area contributed by atoms with Crippen molar-refractivity contribution in [3.8, 4) is 11.5 Å². The monoisotopic (exact) mass is 243 g/mol. The number of hydrogen-bond donors (Lipinski definition) is 1. The summed E-state index contributed by atoms with van der Waals surface area (Å²) in [5.41, 5.74) is 8.67. The summed E-state index contributed by atoms with van der Waals surface area (Å²) >= 11 is 0. The molecule has 0 aliphatic rings. The van der Waals surface area contributed by atoms with E-state index in [1.165, 1.54) is 0 Å². The van der Waals surface area contributed by atoms with Crippen LogP contribution in [-0.4, -0.2) is 7.11 Å². The molecule has 0 bridgehead atoms. The number of hydrogen-bond acceptors (Lipinski definition) is 3. The Hall–Kier alpha value is -2.16. The summed E-state index contributed by atoms with van der Waals surface area (Å²) in [4.78, 5) is 0. The summed E-state index contributed by atoms with van der Waals surface area (Å²) in [6.07, 6.45) is 0. The first kappa shape index (κ1) is 12.3. The van der Waals surface area contributed by atoms with Gasteiger partial charge in [0, 0.05) is 6.07 Å². The molecule has 3 nitrogen and oxygen atoms in total. The van der Waals surface area contributed by atoms with E-state index in [4.69, 9.17) is 15.2 Å². The SMILES string of the molecule is COc1cc(OCc2ccccc2)c(N)cc1C. The molecule has 0 saturated carbocycles. The minimum absolute atomic E-state index is 0.497. The molecule has 2 rings (SSSR count). The minimum Gasteiger partial charge on any atom is -0.496 e. The van der Waals surface area contributed by atoms with Gasteiger partial charge in [0.15, 0.2) is 0 Å². The normalized spacial score (nSPS) is 10.1. The number of nitrogens with two attached hydrogens (primary N) is 1. The molecule has 0 saturated heterocycles. The molecule has 0 heterocycles. The molecule has 0 radical (unpaired) electrons. The maximum atomic E-state index is 5.93. The fraction of sp³-hybridized carbons (Fsp3) is 0.200. The number of ether oxygens (including phenoxy) is 2. The Morgan fingerprint density at radius 2 is 1.78 bits per heavy atom. The van der Waals surface area contributed by atoms with Gasteiger partial charge in [-0.3, -0.25) is 0 Å². The van der Waals surface area contributed by atoms with Crippen molar-refractivity contribution in [1.82, 2.24) is 0 Å². The highest BCUT2D eigenvalue weighted by atomic mass is 16.5. The molecule has 0 spiro atoms. The highest BCUT2D eigenvalue weighted by molar-refractivity contribution is 5.58. The first-order valence-electron chi connectivity index (χ1n) is 5.81. The highest BCUT2D eigenvalue weighted by Crippen LogP contribution is 2.30. The molecule has 2 aromatic carbocycles. The van der Waals surface area contributed by atoms with Crippen LogP contribution in [0.15, 0.2) is 42.5 Å². The number of rotatable bonds is 4. The second-order valence-corrected chi connectivity index (χ2v) is 4.13. The van der Waals surface area contributed by atoms with Gasteiger partial charge in [0.25, 0.3) is 0 Å². The highest BCUT2D eigenvalue weighted by Gasteiger charge is 2.06. The van der Waals surface area contributed by atoms with Gasteiger partial charge in [-0.15, -0.1) is 0 Å². The zero-order valence-corrected chi connectivity index (χ0v) is 10.6. The lowest BCUT2D eigenvalue weighted by Crippen LogP contribution is -2.00. The van der Waals surface area contributed by atoms with Crippen molar-refractivity contribution < 1.29 is 9.47 Å². The molecular formula is C15H17NO2. The second-order valence-electron chi connectivity index (χ2n) is 4.13. The largest absolute Gasteiger partial charge is 0.496 e. The van der Waals surface area contributed by atoms with Gasteiger partial charge in [-0.2, -0.15) is 0 Å². The average Bonchev–Trinajstić information content (AvgIpc) is 2.39. The van der Waals surface area contributed by atoms with Crippen LogP contribution in [0.25, 0.3) is 0 Å². The summed E-state index contributed by atoms with van der Waals surface area (Å²) in [5, 5.41) is 0. The van der Waals surface area contributed by atoms with E-state index < -0.39 is 0 Å². The number of nitrogen functional groups attached to an aromatic ring is 1. The minimum atomic E-state index is 0.497. The number of benzene rings is 2. The summed E-state index contributed by atoms with van der Waals surface area (Å²) in [6, 6.07) is 13.7. The van der Waals surface area contributed by atoms with Crippen molar-refractivity contribution in [2.24, 2.45) is 0 Å². The van der Waals surface area contributed by atoms with Gasteiger partial charge in [0.1, 0.15) is 18.1 Å². The van der Waals surface area contributed by atoms with Gasteiger partial charge in [-0.25, -0.2) is 0 Å². The van der Waals surface area contributed by atoms with Crippen LogP contribution in [0, 0.1) is 6.92 Å². The average molecular weight is 243 g/mol. The Morgan fingerprint density at radius 1 is 1.06 bits per heavy atom. The van der Waals surface area contributed by atoms with Crippen molar-refractivity contribution >= 4 is 5.69 Å². The molecule has 94 valence electrons. The molecule has 0 aliphatic heterocycles. The summed E-state index contributed by atoms with van der Waals surface area (Å²) in [5.74, 6) is 1.44. The molecule has 0 fully saturated rings. The molecule has 0 aliphatic carbocycles. The number of aryl methyl sites for hydroxylation is 1. The summed E-state index contributed by atoms with van der Waals surface area (Å²) < 4.78 is 11.0. The molecule has 3 heteroatoms. The summed E-state index contributed by atoms with van der Waals surface area (Å²) in [6.45, 7) is 2.45. The molecule has 0 aromatic heterocycles. The quantitative estimate of drug-likeness (QED) is 0.839. The van der Waals surface area contributed by atoms with Crippen molar-refractivity contribution in [2.75, 3.05) is 12.8 Å². The standard InChI is InChI=1S/C15H17NO2/c1-11-8-13(16)15(9-14(11)17-2)18-10-12-6-4-3-5-7-12/h3-9H,10,16H2,1-2H3. The van der Waals surface area contributed by atoms with Crippen molar-refractivity contribution in [3.05, 3.63) is 53.6 Å². The van der Waals surface area contributed by atoms with E-state index in [0.29, 0.717) is 18.0 Å². The molecule has 2 aromatic rings. The van der Waals surface area contributed by atoms with Gasteiger partial charge in [0.05, 0.1) is 12.8 Å². The number of anilines is 1. The predicted molar refractivity (Wildman–Crippen MR) is 72.9 cm³/mol. The van der Waals surface area contributed by atoms with Crippen LogP contribution >= 0.6 is 0 Å². The molecule has 0 unspecified atom stereocenters. The van der Waals surface area contributed by atoms with E-state index in [2.05, 4.69) is 0 Å². The van der Waals surface area contributed by atoms with Crippen LogP contribution < -0.4 is 15.2 Å². The molecule has 0 atom stereocenters. The van der Waals surface area contributed by atoms with Crippen LogP contribution in [-0.2, 0) is 6.61 Å². The van der Waals surface area contributed by atoms with Crippen LogP contribution in [0.5, 0.6) is 11.5 Å². The van der Waals surface area contributed by atoms with Gasteiger partial charge < -0.3 is 15.2 Å². The fourth-order valence-electron chi connectivity index (χ4n) is 1.77. The van der Waals surface area contributed by atoms with E-state index in [1.54, 1.807) is 7.11 Å². The Labute approximate surface area is 107 Å². The molecule has 18 heavy (non-hydrogen) atoms. The Bertz CT molecular complexity index is 524. The fourth-order valence-corrected chi connectivity index (χ4v) is 1.77. The first-order valence-corrected chi connectivity index (χ1v) is 5.81. The van der Waals surface area contributed by atoms with Crippen LogP contribution in [0.2, 0.25) is 0 Å². The summed E-state index contributed by atoms with van der Waals surface area (Å²) in [7, 11) is 1.64. The van der Waals surface area contributed by atoms with Gasteiger partial charge >= 0.3 is 0 Å². The Kier molecular flexibility index (Phi) is 3.72. The van der Waals surface area contributed by atoms with Crippen molar-refractivity contribution in [1.29, 1.82) is 0 Å². The first-order chi connectivity index (χ1) is 8.70. The molecular weight excluding hydrogens is 226 g/mol. The van der Waals surface area contributed by atoms with Crippen molar-refractivity contribution in [3.63, 3.8) is 0 Å². The number of methoxy groups -OCH3 is 1. The van der Waals surface area contributed by atoms with Gasteiger partial charge in [-0.1, -0.05) is 30.3 Å². The maximum Gasteiger partial charge on any atom is 0.146 e. The van der Waals surface area contributed by atoms with E-state index in [1.807, 2.05) is 49.4 Å².